The minimum atomic E-state index is -0.618. The van der Waals surface area contributed by atoms with Gasteiger partial charge in [-0.05, 0) is 31.4 Å². The second-order valence-corrected chi connectivity index (χ2v) is 5.26. The quantitative estimate of drug-likeness (QED) is 0.921. The number of aryl methyl sites for hydroxylation is 1. The Morgan fingerprint density at radius 1 is 1.47 bits per heavy atom. The van der Waals surface area contributed by atoms with Crippen molar-refractivity contribution < 1.29 is 4.79 Å². The van der Waals surface area contributed by atoms with Crippen LogP contribution < -0.4 is 10.9 Å². The summed E-state index contributed by atoms with van der Waals surface area (Å²) < 4.78 is 1.21. The van der Waals surface area contributed by atoms with Gasteiger partial charge in [0, 0.05) is 10.9 Å². The molecule has 2 aromatic rings. The predicted molar refractivity (Wildman–Crippen MR) is 74.1 cm³/mol. The van der Waals surface area contributed by atoms with Crippen molar-refractivity contribution in [2.24, 2.45) is 0 Å². The van der Waals surface area contributed by atoms with E-state index in [9.17, 15) is 9.59 Å². The molecule has 2 rings (SSSR count). The molecule has 1 unspecified atom stereocenters. The molecule has 2 heterocycles. The first kappa shape index (κ1) is 13.5. The van der Waals surface area contributed by atoms with Gasteiger partial charge in [0.2, 0.25) is 5.91 Å². The average molecular weight is 277 g/mol. The van der Waals surface area contributed by atoms with E-state index >= 15 is 0 Å². The minimum Gasteiger partial charge on any atom is -0.349 e. The van der Waals surface area contributed by atoms with Crippen LogP contribution in [0.4, 0.5) is 0 Å². The summed E-state index contributed by atoms with van der Waals surface area (Å²) in [6.45, 7) is 3.92. The Labute approximate surface area is 114 Å². The number of nitrogens with zero attached hydrogens (tertiary/aromatic N) is 2. The van der Waals surface area contributed by atoms with Crippen LogP contribution in [-0.4, -0.2) is 15.7 Å². The van der Waals surface area contributed by atoms with Crippen LogP contribution in [0.2, 0.25) is 0 Å². The normalized spacial score (nSPS) is 12.1. The molecule has 6 heteroatoms. The van der Waals surface area contributed by atoms with Crippen LogP contribution in [0, 0.1) is 6.92 Å². The number of amides is 1. The lowest BCUT2D eigenvalue weighted by atomic mass is 10.3. The number of rotatable bonds is 4. The summed E-state index contributed by atoms with van der Waals surface area (Å²) in [5, 5.41) is 8.84. The number of aromatic nitrogens is 2. The van der Waals surface area contributed by atoms with Gasteiger partial charge >= 0.3 is 0 Å². The monoisotopic (exact) mass is 277 g/mol. The summed E-state index contributed by atoms with van der Waals surface area (Å²) in [6.07, 6.45) is 0. The van der Waals surface area contributed by atoms with Crippen molar-refractivity contribution >= 4 is 17.2 Å². The zero-order chi connectivity index (χ0) is 13.8. The molecule has 0 aliphatic carbocycles. The Kier molecular flexibility index (Phi) is 4.11. The fourth-order valence-electron chi connectivity index (χ4n) is 1.64. The van der Waals surface area contributed by atoms with E-state index in [-0.39, 0.29) is 11.5 Å². The zero-order valence-electron chi connectivity index (χ0n) is 10.8. The summed E-state index contributed by atoms with van der Waals surface area (Å²) in [4.78, 5) is 24.7. The van der Waals surface area contributed by atoms with Crippen molar-refractivity contribution in [1.82, 2.24) is 15.1 Å². The largest absolute Gasteiger partial charge is 0.349 e. The molecule has 0 bridgehead atoms. The first-order chi connectivity index (χ1) is 9.08. The van der Waals surface area contributed by atoms with Crippen LogP contribution in [-0.2, 0) is 11.3 Å². The number of hydrogen-bond acceptors (Lipinski definition) is 4. The van der Waals surface area contributed by atoms with Crippen LogP contribution in [0.5, 0.6) is 0 Å². The summed E-state index contributed by atoms with van der Waals surface area (Å²) in [7, 11) is 0. The van der Waals surface area contributed by atoms with Crippen LogP contribution >= 0.6 is 11.3 Å². The first-order valence-corrected chi connectivity index (χ1v) is 6.82. The number of carbonyl (C=O) groups excluding carboxylic acids is 1. The number of carbonyl (C=O) groups is 1. The summed E-state index contributed by atoms with van der Waals surface area (Å²) in [5.41, 5.74) is 0.432. The Morgan fingerprint density at radius 2 is 2.26 bits per heavy atom. The van der Waals surface area contributed by atoms with Gasteiger partial charge in [-0.15, -0.1) is 11.3 Å². The Hall–Kier alpha value is -1.95. The molecule has 0 fully saturated rings. The summed E-state index contributed by atoms with van der Waals surface area (Å²) in [5.74, 6) is -0.214. The fourth-order valence-corrected chi connectivity index (χ4v) is 2.29. The Bertz CT molecular complexity index is 619. The minimum absolute atomic E-state index is 0.214. The molecule has 100 valence electrons. The molecule has 0 aliphatic heterocycles. The summed E-state index contributed by atoms with van der Waals surface area (Å²) >= 11 is 1.58. The molecular weight excluding hydrogens is 262 g/mol. The summed E-state index contributed by atoms with van der Waals surface area (Å²) in [6, 6.07) is 6.32. The smallest absolute Gasteiger partial charge is 0.267 e. The molecule has 19 heavy (non-hydrogen) atoms. The number of nitrogens with one attached hydrogen (secondary N) is 1. The van der Waals surface area contributed by atoms with Crippen molar-refractivity contribution in [3.63, 3.8) is 0 Å². The number of hydrogen-bond donors (Lipinski definition) is 1. The van der Waals surface area contributed by atoms with Gasteiger partial charge in [-0.1, -0.05) is 6.07 Å². The Balaban J connectivity index is 2.06. The van der Waals surface area contributed by atoms with Crippen molar-refractivity contribution in [3.05, 3.63) is 50.6 Å². The topological polar surface area (TPSA) is 64.0 Å². The van der Waals surface area contributed by atoms with Crippen molar-refractivity contribution in [2.45, 2.75) is 26.4 Å². The molecular formula is C13H15N3O2S. The molecule has 2 aromatic heterocycles. The molecule has 0 saturated heterocycles. The van der Waals surface area contributed by atoms with E-state index in [1.54, 1.807) is 31.3 Å². The maximum atomic E-state index is 12.0. The Morgan fingerprint density at radius 3 is 2.95 bits per heavy atom. The van der Waals surface area contributed by atoms with Crippen molar-refractivity contribution in [1.29, 1.82) is 0 Å². The van der Waals surface area contributed by atoms with Crippen LogP contribution in [0.15, 0.2) is 34.4 Å². The second-order valence-electron chi connectivity index (χ2n) is 4.23. The van der Waals surface area contributed by atoms with Gasteiger partial charge in [-0.2, -0.15) is 5.10 Å². The highest BCUT2D eigenvalue weighted by Gasteiger charge is 2.16. The van der Waals surface area contributed by atoms with E-state index in [0.29, 0.717) is 12.2 Å². The average Bonchev–Trinajstić information content (AvgIpc) is 2.91. The van der Waals surface area contributed by atoms with E-state index in [1.807, 2.05) is 17.5 Å². The van der Waals surface area contributed by atoms with Gasteiger partial charge in [0.25, 0.3) is 5.56 Å². The first-order valence-electron chi connectivity index (χ1n) is 5.94. The van der Waals surface area contributed by atoms with Gasteiger partial charge < -0.3 is 5.32 Å². The van der Waals surface area contributed by atoms with Gasteiger partial charge in [0.05, 0.1) is 12.2 Å². The molecule has 0 spiro atoms. The molecule has 0 aromatic carbocycles. The highest BCUT2D eigenvalue weighted by molar-refractivity contribution is 7.09. The van der Waals surface area contributed by atoms with Crippen molar-refractivity contribution in [3.8, 4) is 0 Å². The van der Waals surface area contributed by atoms with E-state index in [0.717, 1.165) is 4.88 Å². The highest BCUT2D eigenvalue weighted by Crippen LogP contribution is 2.08. The van der Waals surface area contributed by atoms with Gasteiger partial charge in [0.15, 0.2) is 0 Å². The predicted octanol–water partition coefficient (Wildman–Crippen LogP) is 1.49. The highest BCUT2D eigenvalue weighted by atomic mass is 32.1. The maximum Gasteiger partial charge on any atom is 0.267 e. The SMILES string of the molecule is Cc1ccc(=O)n(C(C)C(=O)NCc2cccs2)n1. The third-order valence-corrected chi connectivity index (χ3v) is 3.60. The zero-order valence-corrected chi connectivity index (χ0v) is 11.6. The third kappa shape index (κ3) is 3.29. The lowest BCUT2D eigenvalue weighted by Crippen LogP contribution is -2.36. The molecule has 0 aliphatic rings. The van der Waals surface area contributed by atoms with Crippen LogP contribution in [0.1, 0.15) is 23.5 Å². The van der Waals surface area contributed by atoms with Crippen molar-refractivity contribution in [2.75, 3.05) is 0 Å². The number of thiophene rings is 1. The molecule has 1 amide bonds. The van der Waals surface area contributed by atoms with Gasteiger partial charge in [-0.25, -0.2) is 4.68 Å². The molecule has 1 atom stereocenters. The molecule has 0 radical (unpaired) electrons. The second kappa shape index (κ2) is 5.79. The molecule has 0 saturated carbocycles. The fraction of sp³-hybridized carbons (Fsp3) is 0.308. The van der Waals surface area contributed by atoms with Crippen LogP contribution in [0.3, 0.4) is 0 Å². The lowest BCUT2D eigenvalue weighted by molar-refractivity contribution is -0.124. The molecule has 1 N–H and O–H groups in total. The molecule has 5 nitrogen and oxygen atoms in total. The van der Waals surface area contributed by atoms with E-state index in [1.165, 1.54) is 10.7 Å². The maximum absolute atomic E-state index is 12.0. The van der Waals surface area contributed by atoms with Gasteiger partial charge in [-0.3, -0.25) is 9.59 Å². The van der Waals surface area contributed by atoms with E-state index < -0.39 is 6.04 Å². The lowest BCUT2D eigenvalue weighted by Gasteiger charge is -2.13. The van der Waals surface area contributed by atoms with E-state index in [4.69, 9.17) is 0 Å². The van der Waals surface area contributed by atoms with Crippen LogP contribution in [0.25, 0.3) is 0 Å². The third-order valence-electron chi connectivity index (χ3n) is 2.72. The van der Waals surface area contributed by atoms with E-state index in [2.05, 4.69) is 10.4 Å². The van der Waals surface area contributed by atoms with Gasteiger partial charge in [0.1, 0.15) is 6.04 Å². The standard InChI is InChI=1S/C13H15N3O2S/c1-9-5-6-12(17)16(15-9)10(2)13(18)14-8-11-4-3-7-19-11/h3-7,10H,8H2,1-2H3,(H,14,18).